The van der Waals surface area contributed by atoms with Gasteiger partial charge in [0.1, 0.15) is 0 Å². The summed E-state index contributed by atoms with van der Waals surface area (Å²) >= 11 is 0. The van der Waals surface area contributed by atoms with Gasteiger partial charge in [-0.3, -0.25) is 0 Å². The Bertz CT molecular complexity index is 3470. The predicted molar refractivity (Wildman–Crippen MR) is 258 cm³/mol. The molecule has 0 bridgehead atoms. The third-order valence-electron chi connectivity index (χ3n) is 12.1. The molecule has 0 spiro atoms. The summed E-state index contributed by atoms with van der Waals surface area (Å²) < 4.78 is 4.94. The Labute approximate surface area is 359 Å². The average Bonchev–Trinajstić information content (AvgIpc) is 3.88. The molecule has 3 heterocycles. The number of fused-ring (bicyclic) bond motifs is 7. The van der Waals surface area contributed by atoms with Gasteiger partial charge in [-0.1, -0.05) is 170 Å². The minimum atomic E-state index is 0.689. The Balaban J connectivity index is 1.10. The van der Waals surface area contributed by atoms with Crippen molar-refractivity contribution in [3.05, 3.63) is 231 Å². The smallest absolute Gasteiger partial charge is 0.160 e. The normalized spacial score (nSPS) is 11.5. The van der Waals surface area contributed by atoms with Crippen LogP contribution in [0.4, 0.5) is 0 Å². The molecule has 0 unspecified atom stereocenters. The van der Waals surface area contributed by atoms with E-state index >= 15 is 0 Å². The predicted octanol–water partition coefficient (Wildman–Crippen LogP) is 15.0. The van der Waals surface area contributed by atoms with E-state index in [1.807, 2.05) is 12.1 Å². The SMILES string of the molecule is c1ccc(-c2cc(-c3ccccc3)cc(-n3c4ccccc4c4ccc5c6ccccc6n(-c6ccc(-c7nc(-c8ccccc8)cc(-c8ccccc8)n7)cc6)c5c43)c2)cc1. The third-order valence-corrected chi connectivity index (χ3v) is 12.1. The van der Waals surface area contributed by atoms with Crippen molar-refractivity contribution in [2.45, 2.75) is 0 Å². The summed E-state index contributed by atoms with van der Waals surface area (Å²) in [6.45, 7) is 0. The van der Waals surface area contributed by atoms with Crippen LogP contribution in [0.5, 0.6) is 0 Å². The van der Waals surface area contributed by atoms with Gasteiger partial charge in [0.05, 0.1) is 33.5 Å². The third kappa shape index (κ3) is 6.00. The van der Waals surface area contributed by atoms with Crippen molar-refractivity contribution in [2.75, 3.05) is 0 Å². The van der Waals surface area contributed by atoms with Gasteiger partial charge in [0.2, 0.25) is 0 Å². The summed E-state index contributed by atoms with van der Waals surface area (Å²) in [6.07, 6.45) is 0. The molecule has 4 nitrogen and oxygen atoms in total. The van der Waals surface area contributed by atoms with E-state index in [1.165, 1.54) is 49.3 Å². The van der Waals surface area contributed by atoms with E-state index in [-0.39, 0.29) is 0 Å². The van der Waals surface area contributed by atoms with E-state index in [0.717, 1.165) is 56.0 Å². The molecule has 62 heavy (non-hydrogen) atoms. The molecule has 9 aromatic carbocycles. The maximum absolute atomic E-state index is 5.14. The highest BCUT2D eigenvalue weighted by molar-refractivity contribution is 6.23. The van der Waals surface area contributed by atoms with E-state index in [9.17, 15) is 0 Å². The number of aromatic nitrogens is 4. The summed E-state index contributed by atoms with van der Waals surface area (Å²) in [5.74, 6) is 0.689. The first-order valence-corrected chi connectivity index (χ1v) is 21.1. The highest BCUT2D eigenvalue weighted by Crippen LogP contribution is 2.43. The number of nitrogens with zero attached hydrogens (tertiary/aromatic N) is 4. The van der Waals surface area contributed by atoms with E-state index < -0.39 is 0 Å². The first-order chi connectivity index (χ1) is 30.7. The van der Waals surface area contributed by atoms with Gasteiger partial charge in [-0.15, -0.1) is 0 Å². The molecule has 12 rings (SSSR count). The van der Waals surface area contributed by atoms with Gasteiger partial charge in [-0.25, -0.2) is 9.97 Å². The van der Waals surface area contributed by atoms with Crippen molar-refractivity contribution in [1.29, 1.82) is 0 Å². The van der Waals surface area contributed by atoms with Crippen molar-refractivity contribution >= 4 is 43.6 Å². The van der Waals surface area contributed by atoms with Crippen LogP contribution in [-0.4, -0.2) is 19.1 Å². The van der Waals surface area contributed by atoms with E-state index in [4.69, 9.17) is 9.97 Å². The first-order valence-electron chi connectivity index (χ1n) is 21.1. The van der Waals surface area contributed by atoms with Crippen LogP contribution in [0.3, 0.4) is 0 Å². The highest BCUT2D eigenvalue weighted by atomic mass is 15.0. The molecule has 0 saturated carbocycles. The summed E-state index contributed by atoms with van der Waals surface area (Å²) in [5, 5.41) is 4.84. The standard InChI is InChI=1S/C58H38N4/c1-5-17-39(18-6-1)44-35-45(40-19-7-2-8-20-40)37-47(36-44)62-55-28-16-14-26-49(55)51-34-33-50-48-25-13-15-27-54(48)61(56(50)57(51)62)46-31-29-43(30-32-46)58-59-52(41-21-9-3-10-22-41)38-53(60-58)42-23-11-4-12-24-42/h1-38H. The molecular formula is C58H38N4. The number of rotatable bonds is 7. The fourth-order valence-electron chi connectivity index (χ4n) is 9.22. The van der Waals surface area contributed by atoms with Crippen LogP contribution in [0, 0.1) is 0 Å². The Kier molecular flexibility index (Phi) is 8.46. The minimum absolute atomic E-state index is 0.689. The van der Waals surface area contributed by atoms with Crippen LogP contribution in [-0.2, 0) is 0 Å². The zero-order valence-corrected chi connectivity index (χ0v) is 33.7. The molecule has 0 fully saturated rings. The van der Waals surface area contributed by atoms with Gasteiger partial charge in [-0.05, 0) is 82.9 Å². The molecule has 12 aromatic rings. The van der Waals surface area contributed by atoms with Crippen molar-refractivity contribution in [1.82, 2.24) is 19.1 Å². The minimum Gasteiger partial charge on any atom is -0.307 e. The maximum atomic E-state index is 5.14. The lowest BCUT2D eigenvalue weighted by atomic mass is 9.98. The maximum Gasteiger partial charge on any atom is 0.160 e. The lowest BCUT2D eigenvalue weighted by molar-refractivity contribution is 1.14. The zero-order chi connectivity index (χ0) is 41.0. The summed E-state index contributed by atoms with van der Waals surface area (Å²) in [7, 11) is 0. The lowest BCUT2D eigenvalue weighted by Gasteiger charge is -2.16. The van der Waals surface area contributed by atoms with Gasteiger partial charge < -0.3 is 9.13 Å². The van der Waals surface area contributed by atoms with Crippen molar-refractivity contribution in [2.24, 2.45) is 0 Å². The van der Waals surface area contributed by atoms with Crippen molar-refractivity contribution < 1.29 is 0 Å². The van der Waals surface area contributed by atoms with E-state index in [2.05, 4.69) is 228 Å². The zero-order valence-electron chi connectivity index (χ0n) is 33.7. The number of para-hydroxylation sites is 2. The molecule has 0 amide bonds. The number of hydrogen-bond acceptors (Lipinski definition) is 2. The summed E-state index contributed by atoms with van der Waals surface area (Å²) in [5.41, 5.74) is 16.4. The van der Waals surface area contributed by atoms with Gasteiger partial charge in [0, 0.05) is 49.6 Å². The lowest BCUT2D eigenvalue weighted by Crippen LogP contribution is -2.00. The molecule has 290 valence electrons. The Morgan fingerprint density at radius 3 is 1.13 bits per heavy atom. The molecule has 0 radical (unpaired) electrons. The monoisotopic (exact) mass is 790 g/mol. The van der Waals surface area contributed by atoms with Gasteiger partial charge in [0.15, 0.2) is 5.82 Å². The molecule has 4 heteroatoms. The van der Waals surface area contributed by atoms with Crippen molar-refractivity contribution in [3.8, 4) is 67.5 Å². The number of hydrogen-bond donors (Lipinski definition) is 0. The second-order valence-corrected chi connectivity index (χ2v) is 15.8. The molecule has 0 N–H and O–H groups in total. The van der Waals surface area contributed by atoms with Crippen LogP contribution in [0.1, 0.15) is 0 Å². The van der Waals surface area contributed by atoms with Gasteiger partial charge in [-0.2, -0.15) is 0 Å². The average molecular weight is 791 g/mol. The second kappa shape index (κ2) is 14.7. The number of benzene rings is 9. The van der Waals surface area contributed by atoms with Crippen molar-refractivity contribution in [3.63, 3.8) is 0 Å². The van der Waals surface area contributed by atoms with Crippen LogP contribution in [0.2, 0.25) is 0 Å². The molecule has 0 saturated heterocycles. The molecule has 0 aliphatic carbocycles. The largest absolute Gasteiger partial charge is 0.307 e. The first kappa shape index (κ1) is 35.6. The Morgan fingerprint density at radius 1 is 0.258 bits per heavy atom. The Morgan fingerprint density at radius 2 is 0.661 bits per heavy atom. The highest BCUT2D eigenvalue weighted by Gasteiger charge is 2.22. The van der Waals surface area contributed by atoms with Crippen LogP contribution < -0.4 is 0 Å². The van der Waals surface area contributed by atoms with E-state index in [0.29, 0.717) is 5.82 Å². The van der Waals surface area contributed by atoms with Crippen LogP contribution >= 0.6 is 0 Å². The second-order valence-electron chi connectivity index (χ2n) is 15.8. The molecular weight excluding hydrogens is 753 g/mol. The van der Waals surface area contributed by atoms with Gasteiger partial charge in [0.25, 0.3) is 0 Å². The summed E-state index contributed by atoms with van der Waals surface area (Å²) in [6, 6.07) is 82.2. The fourth-order valence-corrected chi connectivity index (χ4v) is 9.22. The van der Waals surface area contributed by atoms with Gasteiger partial charge >= 0.3 is 0 Å². The fraction of sp³-hybridized carbons (Fsp3) is 0. The van der Waals surface area contributed by atoms with E-state index in [1.54, 1.807) is 0 Å². The van der Waals surface area contributed by atoms with Crippen LogP contribution in [0.25, 0.3) is 111 Å². The van der Waals surface area contributed by atoms with Crippen LogP contribution in [0.15, 0.2) is 231 Å². The summed E-state index contributed by atoms with van der Waals surface area (Å²) in [4.78, 5) is 10.3. The topological polar surface area (TPSA) is 35.6 Å². The molecule has 0 aliphatic rings. The quantitative estimate of drug-likeness (QED) is 0.161. The molecule has 0 atom stereocenters. The molecule has 0 aliphatic heterocycles. The molecule has 3 aromatic heterocycles. The Hall–Kier alpha value is -8.34.